The van der Waals surface area contributed by atoms with E-state index in [4.69, 9.17) is 5.73 Å². The van der Waals surface area contributed by atoms with Crippen LogP contribution in [0, 0.1) is 5.92 Å². The molecule has 0 unspecified atom stereocenters. The molecule has 2 amide bonds. The summed E-state index contributed by atoms with van der Waals surface area (Å²) in [7, 11) is 0. The van der Waals surface area contributed by atoms with Crippen molar-refractivity contribution >= 4 is 29.3 Å². The van der Waals surface area contributed by atoms with Gasteiger partial charge in [-0.15, -0.1) is 11.8 Å². The molecule has 2 aliphatic rings. The Hall–Kier alpha value is -2.31. The molecule has 5 nitrogen and oxygen atoms in total. The van der Waals surface area contributed by atoms with Crippen molar-refractivity contribution in [1.29, 1.82) is 0 Å². The van der Waals surface area contributed by atoms with Crippen molar-refractivity contribution in [3.05, 3.63) is 60.2 Å². The van der Waals surface area contributed by atoms with Gasteiger partial charge in [-0.1, -0.05) is 42.5 Å². The molecule has 2 heterocycles. The van der Waals surface area contributed by atoms with E-state index in [9.17, 15) is 9.59 Å². The number of piperidine rings is 1. The van der Waals surface area contributed by atoms with E-state index < -0.39 is 0 Å². The molecule has 4 rings (SSSR count). The maximum Gasteiger partial charge on any atom is 0.241 e. The van der Waals surface area contributed by atoms with Gasteiger partial charge in [0.1, 0.15) is 0 Å². The number of anilines is 1. The minimum atomic E-state index is -0.225. The molecule has 6 heteroatoms. The highest BCUT2D eigenvalue weighted by molar-refractivity contribution is 7.99. The molecule has 0 aromatic heterocycles. The summed E-state index contributed by atoms with van der Waals surface area (Å²) in [6.07, 6.45) is 1.47. The van der Waals surface area contributed by atoms with Crippen LogP contribution in [-0.2, 0) is 9.59 Å². The Labute approximate surface area is 169 Å². The maximum absolute atomic E-state index is 13.4. The average Bonchev–Trinajstić information content (AvgIpc) is 2.74. The molecule has 146 valence electrons. The number of thioether (sulfide) groups is 1. The molecule has 2 aromatic rings. The van der Waals surface area contributed by atoms with E-state index in [0.29, 0.717) is 6.54 Å². The standard InChI is InChI=1S/C22H25N3O2S/c23-22(27)17-10-12-24(13-11-17)14-21(26)25-18-8-4-5-9-20(18)28-15-19(25)16-6-2-1-3-7-16/h1-9,17,19H,10-15H2,(H2,23,27)/t19-/m1/s1. The Morgan fingerprint density at radius 3 is 2.39 bits per heavy atom. The van der Waals surface area contributed by atoms with Gasteiger partial charge in [-0.05, 0) is 43.6 Å². The number of hydrogen-bond donors (Lipinski definition) is 1. The lowest BCUT2D eigenvalue weighted by Crippen LogP contribution is -2.47. The predicted molar refractivity (Wildman–Crippen MR) is 112 cm³/mol. The van der Waals surface area contributed by atoms with Gasteiger partial charge < -0.3 is 10.6 Å². The molecule has 0 bridgehead atoms. The van der Waals surface area contributed by atoms with Gasteiger partial charge >= 0.3 is 0 Å². The van der Waals surface area contributed by atoms with Crippen molar-refractivity contribution in [3.63, 3.8) is 0 Å². The van der Waals surface area contributed by atoms with Crippen LogP contribution in [0.2, 0.25) is 0 Å². The molecule has 0 radical (unpaired) electrons. The second kappa shape index (κ2) is 8.37. The summed E-state index contributed by atoms with van der Waals surface area (Å²) >= 11 is 1.80. The van der Waals surface area contributed by atoms with Crippen LogP contribution >= 0.6 is 11.8 Å². The van der Waals surface area contributed by atoms with Crippen molar-refractivity contribution in [1.82, 2.24) is 4.90 Å². The van der Waals surface area contributed by atoms with Crippen LogP contribution < -0.4 is 10.6 Å². The summed E-state index contributed by atoms with van der Waals surface area (Å²) in [5.41, 5.74) is 7.58. The summed E-state index contributed by atoms with van der Waals surface area (Å²) in [5, 5.41) is 0. The van der Waals surface area contributed by atoms with Gasteiger partial charge in [0.05, 0.1) is 18.3 Å². The van der Waals surface area contributed by atoms with Gasteiger partial charge in [-0.25, -0.2) is 0 Å². The zero-order chi connectivity index (χ0) is 19.5. The lowest BCUT2D eigenvalue weighted by molar-refractivity contribution is -0.123. The highest BCUT2D eigenvalue weighted by Gasteiger charge is 2.34. The van der Waals surface area contributed by atoms with Gasteiger partial charge in [0.25, 0.3) is 0 Å². The molecule has 1 fully saturated rings. The zero-order valence-electron chi connectivity index (χ0n) is 15.8. The number of rotatable bonds is 4. The number of primary amides is 1. The normalized spacial score (nSPS) is 20.6. The van der Waals surface area contributed by atoms with E-state index in [-0.39, 0.29) is 23.8 Å². The molecule has 2 N–H and O–H groups in total. The lowest BCUT2D eigenvalue weighted by Gasteiger charge is -2.39. The summed E-state index contributed by atoms with van der Waals surface area (Å²) in [6, 6.07) is 18.4. The van der Waals surface area contributed by atoms with Gasteiger partial charge in [0, 0.05) is 16.6 Å². The largest absolute Gasteiger partial charge is 0.369 e. The summed E-state index contributed by atoms with van der Waals surface area (Å²) < 4.78 is 0. The van der Waals surface area contributed by atoms with Crippen LogP contribution in [0.3, 0.4) is 0 Å². The number of benzene rings is 2. The van der Waals surface area contributed by atoms with Crippen molar-refractivity contribution in [2.24, 2.45) is 11.7 Å². The van der Waals surface area contributed by atoms with Gasteiger partial charge in [0.2, 0.25) is 11.8 Å². The third-order valence-corrected chi connectivity index (χ3v) is 6.77. The third-order valence-electron chi connectivity index (χ3n) is 5.64. The first kappa shape index (κ1) is 19.0. The highest BCUT2D eigenvalue weighted by atomic mass is 32.2. The van der Waals surface area contributed by atoms with Crippen LogP contribution in [0.25, 0.3) is 0 Å². The molecule has 0 spiro atoms. The number of carbonyl (C=O) groups excluding carboxylic acids is 2. The van der Waals surface area contributed by atoms with Crippen LogP contribution in [0.4, 0.5) is 5.69 Å². The van der Waals surface area contributed by atoms with Crippen molar-refractivity contribution in [3.8, 4) is 0 Å². The van der Waals surface area contributed by atoms with E-state index in [1.165, 1.54) is 0 Å². The first-order chi connectivity index (χ1) is 13.6. The van der Waals surface area contributed by atoms with E-state index in [1.54, 1.807) is 11.8 Å². The number of nitrogens with two attached hydrogens (primary N) is 1. The van der Waals surface area contributed by atoms with Gasteiger partial charge in [-0.3, -0.25) is 14.5 Å². The quantitative estimate of drug-likeness (QED) is 0.864. The molecule has 2 aliphatic heterocycles. The van der Waals surface area contributed by atoms with Crippen molar-refractivity contribution in [2.45, 2.75) is 23.8 Å². The maximum atomic E-state index is 13.4. The highest BCUT2D eigenvalue weighted by Crippen LogP contribution is 2.43. The molecule has 28 heavy (non-hydrogen) atoms. The van der Waals surface area contributed by atoms with Crippen LogP contribution in [0.15, 0.2) is 59.5 Å². The molecule has 2 aromatic carbocycles. The third kappa shape index (κ3) is 3.93. The number of nitrogens with zero attached hydrogens (tertiary/aromatic N) is 2. The number of likely N-dealkylation sites (tertiary alicyclic amines) is 1. The molecular formula is C22H25N3O2S. The molecular weight excluding hydrogens is 370 g/mol. The molecule has 1 saturated heterocycles. The predicted octanol–water partition coefficient (Wildman–Crippen LogP) is 3.06. The minimum absolute atomic E-state index is 0.0248. The van der Waals surface area contributed by atoms with E-state index in [2.05, 4.69) is 23.1 Å². The van der Waals surface area contributed by atoms with E-state index in [1.807, 2.05) is 41.3 Å². The fraction of sp³-hybridized carbons (Fsp3) is 0.364. The second-order valence-corrected chi connectivity index (χ2v) is 8.48. The second-order valence-electron chi connectivity index (χ2n) is 7.42. The van der Waals surface area contributed by atoms with Crippen LogP contribution in [0.1, 0.15) is 24.4 Å². The Morgan fingerprint density at radius 1 is 1.00 bits per heavy atom. The summed E-state index contributed by atoms with van der Waals surface area (Å²) in [4.78, 5) is 30.1. The van der Waals surface area contributed by atoms with Gasteiger partial charge in [-0.2, -0.15) is 0 Å². The Kier molecular flexibility index (Phi) is 5.69. The first-order valence-electron chi connectivity index (χ1n) is 9.74. The van der Waals surface area contributed by atoms with Crippen molar-refractivity contribution in [2.75, 3.05) is 30.3 Å². The minimum Gasteiger partial charge on any atom is -0.369 e. The summed E-state index contributed by atoms with van der Waals surface area (Å²) in [5.74, 6) is 0.669. The monoisotopic (exact) mass is 395 g/mol. The average molecular weight is 396 g/mol. The van der Waals surface area contributed by atoms with Crippen molar-refractivity contribution < 1.29 is 9.59 Å². The topological polar surface area (TPSA) is 66.6 Å². The number of carbonyl (C=O) groups is 2. The van der Waals surface area contributed by atoms with Gasteiger partial charge in [0.15, 0.2) is 0 Å². The molecule has 1 atom stereocenters. The number of amides is 2. The molecule has 0 aliphatic carbocycles. The van der Waals surface area contributed by atoms with E-state index in [0.717, 1.165) is 47.8 Å². The number of para-hydroxylation sites is 1. The zero-order valence-corrected chi connectivity index (χ0v) is 16.6. The Balaban J connectivity index is 1.55. The lowest BCUT2D eigenvalue weighted by atomic mass is 9.96. The van der Waals surface area contributed by atoms with Crippen LogP contribution in [-0.4, -0.2) is 42.1 Å². The molecule has 0 saturated carbocycles. The first-order valence-corrected chi connectivity index (χ1v) is 10.7. The number of hydrogen-bond acceptors (Lipinski definition) is 4. The fourth-order valence-electron chi connectivity index (χ4n) is 4.06. The smallest absolute Gasteiger partial charge is 0.241 e. The summed E-state index contributed by atoms with van der Waals surface area (Å²) in [6.45, 7) is 1.84. The Morgan fingerprint density at radius 2 is 1.68 bits per heavy atom. The Bertz CT molecular complexity index is 850. The fourth-order valence-corrected chi connectivity index (χ4v) is 5.23. The van der Waals surface area contributed by atoms with Crippen LogP contribution in [0.5, 0.6) is 0 Å². The number of fused-ring (bicyclic) bond motifs is 1. The van der Waals surface area contributed by atoms with E-state index >= 15 is 0 Å². The SMILES string of the molecule is NC(=O)C1CCN(CC(=O)N2c3ccccc3SC[C@@H]2c2ccccc2)CC1.